The number of esters is 1. The van der Waals surface area contributed by atoms with E-state index in [2.05, 4.69) is 11.8 Å². The molecule has 1 heterocycles. The van der Waals surface area contributed by atoms with Crippen LogP contribution >= 0.6 is 0 Å². The van der Waals surface area contributed by atoms with Crippen LogP contribution in [0.3, 0.4) is 0 Å². The highest BCUT2D eigenvalue weighted by Gasteiger charge is 2.29. The first-order valence-electron chi connectivity index (χ1n) is 7.18. The van der Waals surface area contributed by atoms with Gasteiger partial charge in [0.1, 0.15) is 6.23 Å². The standard InChI is InChI=1S/C14H25NO3/c1-11(15-9-3-4-10-15)18-13-7-5-12(6-8-13)14(16)17-2/h11-13H,3-10H2,1-2H3. The topological polar surface area (TPSA) is 38.8 Å². The smallest absolute Gasteiger partial charge is 0.308 e. The van der Waals surface area contributed by atoms with Gasteiger partial charge in [-0.05, 0) is 45.4 Å². The molecule has 0 bridgehead atoms. The molecule has 2 rings (SSSR count). The quantitative estimate of drug-likeness (QED) is 0.722. The second-order valence-corrected chi connectivity index (χ2v) is 5.48. The maximum Gasteiger partial charge on any atom is 0.308 e. The molecule has 0 aromatic carbocycles. The predicted octanol–water partition coefficient (Wildman–Crippen LogP) is 2.18. The van der Waals surface area contributed by atoms with E-state index in [0.717, 1.165) is 25.7 Å². The molecule has 1 saturated heterocycles. The zero-order valence-corrected chi connectivity index (χ0v) is 11.6. The van der Waals surface area contributed by atoms with Crippen molar-refractivity contribution in [3.63, 3.8) is 0 Å². The van der Waals surface area contributed by atoms with E-state index in [0.29, 0.717) is 6.10 Å². The number of nitrogens with zero attached hydrogens (tertiary/aromatic N) is 1. The van der Waals surface area contributed by atoms with E-state index in [-0.39, 0.29) is 18.1 Å². The number of ether oxygens (including phenoxy) is 2. The van der Waals surface area contributed by atoms with Gasteiger partial charge in [-0.25, -0.2) is 0 Å². The van der Waals surface area contributed by atoms with Gasteiger partial charge in [0.2, 0.25) is 0 Å². The second-order valence-electron chi connectivity index (χ2n) is 5.48. The maximum absolute atomic E-state index is 11.4. The van der Waals surface area contributed by atoms with Gasteiger partial charge in [-0.3, -0.25) is 9.69 Å². The monoisotopic (exact) mass is 255 g/mol. The minimum atomic E-state index is -0.0546. The number of methoxy groups -OCH3 is 1. The SMILES string of the molecule is COC(=O)C1CCC(OC(C)N2CCCC2)CC1. The molecule has 4 heteroatoms. The summed E-state index contributed by atoms with van der Waals surface area (Å²) in [4.78, 5) is 13.8. The van der Waals surface area contributed by atoms with Crippen molar-refractivity contribution in [2.45, 2.75) is 57.8 Å². The summed E-state index contributed by atoms with van der Waals surface area (Å²) >= 11 is 0. The summed E-state index contributed by atoms with van der Waals surface area (Å²) in [7, 11) is 1.47. The van der Waals surface area contributed by atoms with Gasteiger partial charge in [0.05, 0.1) is 19.1 Å². The van der Waals surface area contributed by atoms with Crippen LogP contribution < -0.4 is 0 Å². The summed E-state index contributed by atoms with van der Waals surface area (Å²) < 4.78 is 10.9. The molecular weight excluding hydrogens is 230 g/mol. The van der Waals surface area contributed by atoms with Crippen molar-refractivity contribution < 1.29 is 14.3 Å². The summed E-state index contributed by atoms with van der Waals surface area (Å²) in [6.07, 6.45) is 6.92. The minimum Gasteiger partial charge on any atom is -0.469 e. The lowest BCUT2D eigenvalue weighted by molar-refractivity contribution is -0.149. The highest BCUT2D eigenvalue weighted by Crippen LogP contribution is 2.28. The first-order chi connectivity index (χ1) is 8.70. The highest BCUT2D eigenvalue weighted by atomic mass is 16.5. The first-order valence-corrected chi connectivity index (χ1v) is 7.18. The van der Waals surface area contributed by atoms with Gasteiger partial charge in [-0.15, -0.1) is 0 Å². The Hall–Kier alpha value is -0.610. The maximum atomic E-state index is 11.4. The molecule has 1 saturated carbocycles. The Bertz CT molecular complexity index is 268. The molecule has 4 nitrogen and oxygen atoms in total. The molecule has 2 aliphatic rings. The van der Waals surface area contributed by atoms with E-state index in [1.165, 1.54) is 33.0 Å². The molecule has 0 radical (unpaired) electrons. The van der Waals surface area contributed by atoms with Crippen molar-refractivity contribution in [3.05, 3.63) is 0 Å². The Morgan fingerprint density at radius 2 is 1.78 bits per heavy atom. The van der Waals surface area contributed by atoms with Crippen LogP contribution in [0.15, 0.2) is 0 Å². The molecule has 1 atom stereocenters. The number of carbonyl (C=O) groups is 1. The van der Waals surface area contributed by atoms with E-state index < -0.39 is 0 Å². The van der Waals surface area contributed by atoms with Gasteiger partial charge in [-0.1, -0.05) is 0 Å². The van der Waals surface area contributed by atoms with Crippen LogP contribution in [0.5, 0.6) is 0 Å². The Kier molecular flexibility index (Phi) is 5.01. The van der Waals surface area contributed by atoms with Gasteiger partial charge < -0.3 is 9.47 Å². The first kappa shape index (κ1) is 13.8. The molecule has 0 spiro atoms. The Labute approximate surface area is 110 Å². The van der Waals surface area contributed by atoms with Crippen molar-refractivity contribution in [1.29, 1.82) is 0 Å². The molecule has 0 amide bonds. The van der Waals surface area contributed by atoms with Crippen molar-refractivity contribution in [2.24, 2.45) is 5.92 Å². The molecule has 0 aromatic heterocycles. The summed E-state index contributed by atoms with van der Waals surface area (Å²) in [5.74, 6) is 0.0398. The number of likely N-dealkylation sites (tertiary alicyclic amines) is 1. The van der Waals surface area contributed by atoms with E-state index >= 15 is 0 Å². The molecule has 1 aliphatic heterocycles. The number of rotatable bonds is 4. The molecule has 0 aromatic rings. The van der Waals surface area contributed by atoms with Gasteiger partial charge in [0.25, 0.3) is 0 Å². The Balaban J connectivity index is 1.71. The van der Waals surface area contributed by atoms with Gasteiger partial charge in [-0.2, -0.15) is 0 Å². The van der Waals surface area contributed by atoms with Gasteiger partial charge in [0, 0.05) is 13.1 Å². The summed E-state index contributed by atoms with van der Waals surface area (Å²) in [5, 5.41) is 0. The fourth-order valence-corrected chi connectivity index (χ4v) is 3.07. The third kappa shape index (κ3) is 3.45. The lowest BCUT2D eigenvalue weighted by Crippen LogP contribution is -2.37. The summed E-state index contributed by atoms with van der Waals surface area (Å²) in [6.45, 7) is 4.48. The van der Waals surface area contributed by atoms with Crippen molar-refractivity contribution in [3.8, 4) is 0 Å². The normalized spacial score (nSPS) is 31.2. The molecule has 1 unspecified atom stereocenters. The van der Waals surface area contributed by atoms with Gasteiger partial charge in [0.15, 0.2) is 0 Å². The zero-order valence-electron chi connectivity index (χ0n) is 11.6. The number of hydrogen-bond acceptors (Lipinski definition) is 4. The van der Waals surface area contributed by atoms with Crippen LogP contribution in [-0.2, 0) is 14.3 Å². The molecule has 0 N–H and O–H groups in total. The average Bonchev–Trinajstić information content (AvgIpc) is 2.92. The summed E-state index contributed by atoms with van der Waals surface area (Å²) in [6, 6.07) is 0. The van der Waals surface area contributed by atoms with Gasteiger partial charge >= 0.3 is 5.97 Å². The van der Waals surface area contributed by atoms with Crippen LogP contribution in [0.25, 0.3) is 0 Å². The minimum absolute atomic E-state index is 0.0546. The molecular formula is C14H25NO3. The molecule has 1 aliphatic carbocycles. The molecule has 2 fully saturated rings. The fraction of sp³-hybridized carbons (Fsp3) is 0.929. The van der Waals surface area contributed by atoms with E-state index in [1.54, 1.807) is 0 Å². The van der Waals surface area contributed by atoms with E-state index in [1.807, 2.05) is 0 Å². The molecule has 104 valence electrons. The zero-order chi connectivity index (χ0) is 13.0. The summed E-state index contributed by atoms with van der Waals surface area (Å²) in [5.41, 5.74) is 0. The lowest BCUT2D eigenvalue weighted by atomic mass is 9.87. The third-order valence-electron chi connectivity index (χ3n) is 4.25. The van der Waals surface area contributed by atoms with Crippen LogP contribution in [0.2, 0.25) is 0 Å². The largest absolute Gasteiger partial charge is 0.469 e. The highest BCUT2D eigenvalue weighted by molar-refractivity contribution is 5.72. The lowest BCUT2D eigenvalue weighted by Gasteiger charge is -2.32. The van der Waals surface area contributed by atoms with Crippen LogP contribution in [0.4, 0.5) is 0 Å². The van der Waals surface area contributed by atoms with Crippen molar-refractivity contribution in [1.82, 2.24) is 4.90 Å². The third-order valence-corrected chi connectivity index (χ3v) is 4.25. The fourth-order valence-electron chi connectivity index (χ4n) is 3.07. The Morgan fingerprint density at radius 1 is 1.17 bits per heavy atom. The number of hydrogen-bond donors (Lipinski definition) is 0. The Morgan fingerprint density at radius 3 is 2.33 bits per heavy atom. The van der Waals surface area contributed by atoms with E-state index in [9.17, 15) is 4.79 Å². The average molecular weight is 255 g/mol. The predicted molar refractivity (Wildman–Crippen MR) is 69.1 cm³/mol. The number of carbonyl (C=O) groups excluding carboxylic acids is 1. The second kappa shape index (κ2) is 6.53. The van der Waals surface area contributed by atoms with E-state index in [4.69, 9.17) is 9.47 Å². The van der Waals surface area contributed by atoms with Crippen LogP contribution in [0.1, 0.15) is 45.4 Å². The van der Waals surface area contributed by atoms with Crippen molar-refractivity contribution in [2.75, 3.05) is 20.2 Å². The van der Waals surface area contributed by atoms with Crippen molar-refractivity contribution >= 4 is 5.97 Å². The van der Waals surface area contributed by atoms with Crippen LogP contribution in [-0.4, -0.2) is 43.4 Å². The molecule has 18 heavy (non-hydrogen) atoms. The van der Waals surface area contributed by atoms with Crippen LogP contribution in [0, 0.1) is 5.92 Å².